The van der Waals surface area contributed by atoms with E-state index in [1.165, 1.54) is 10.6 Å². The fraction of sp³-hybridized carbons (Fsp3) is 0.318. The number of non-ortho nitro benzene ring substituents is 1. The number of nitro groups is 1. The lowest BCUT2D eigenvalue weighted by atomic mass is 9.66. The third-order valence-corrected chi connectivity index (χ3v) is 7.51. The molecule has 0 spiro atoms. The number of nitrogens with zero attached hydrogens (tertiary/aromatic N) is 3. The summed E-state index contributed by atoms with van der Waals surface area (Å²) in [5, 5.41) is 21.0. The maximum atomic E-state index is 11.3. The molecule has 2 aromatic carbocycles. The highest BCUT2D eigenvalue weighted by molar-refractivity contribution is 7.99. The number of aromatic nitrogens is 2. The van der Waals surface area contributed by atoms with Gasteiger partial charge in [-0.3, -0.25) is 10.1 Å². The summed E-state index contributed by atoms with van der Waals surface area (Å²) in [5.41, 5.74) is 5.29. The molecule has 1 aromatic heterocycles. The van der Waals surface area contributed by atoms with Gasteiger partial charge in [0, 0.05) is 35.1 Å². The number of fused-ring (bicyclic) bond motifs is 4. The standard InChI is InChI=1S/C22H22N4O2S/c1-13-19-20-17(12-29-21(19)25(24-13)14-7-5-4-6-8-14)22(2,3)16-11-15(26(27)28)9-10-18(16)23-20/h4-11,17,20,23H,12H2,1-3H3/t17-,20-/m1/s1. The molecule has 2 aliphatic heterocycles. The first-order valence-electron chi connectivity index (χ1n) is 9.71. The molecule has 0 unspecified atom stereocenters. The van der Waals surface area contributed by atoms with Gasteiger partial charge in [-0.05, 0) is 36.1 Å². The van der Waals surface area contributed by atoms with Crippen LogP contribution >= 0.6 is 11.8 Å². The molecule has 148 valence electrons. The Morgan fingerprint density at radius 1 is 1.24 bits per heavy atom. The third kappa shape index (κ3) is 2.68. The van der Waals surface area contributed by atoms with E-state index in [9.17, 15) is 10.1 Å². The lowest BCUT2D eigenvalue weighted by molar-refractivity contribution is -0.385. The van der Waals surface area contributed by atoms with Crippen LogP contribution in [0.5, 0.6) is 0 Å². The normalized spacial score (nSPS) is 21.5. The van der Waals surface area contributed by atoms with Crippen LogP contribution in [0.2, 0.25) is 0 Å². The number of rotatable bonds is 2. The quantitative estimate of drug-likeness (QED) is 0.464. The van der Waals surface area contributed by atoms with Gasteiger partial charge >= 0.3 is 0 Å². The zero-order chi connectivity index (χ0) is 20.3. The van der Waals surface area contributed by atoms with E-state index in [4.69, 9.17) is 5.10 Å². The zero-order valence-corrected chi connectivity index (χ0v) is 17.4. The number of thioether (sulfide) groups is 1. The Labute approximate surface area is 173 Å². The fourth-order valence-electron chi connectivity index (χ4n) is 4.70. The molecule has 1 N–H and O–H groups in total. The molecule has 0 saturated heterocycles. The molecule has 0 saturated carbocycles. The average Bonchev–Trinajstić information content (AvgIpc) is 3.05. The second-order valence-corrected chi connectivity index (χ2v) is 9.31. The first kappa shape index (κ1) is 18.2. The molecule has 7 heteroatoms. The van der Waals surface area contributed by atoms with Crippen LogP contribution in [0.4, 0.5) is 11.4 Å². The Balaban J connectivity index is 1.64. The van der Waals surface area contributed by atoms with E-state index >= 15 is 0 Å². The average molecular weight is 407 g/mol. The minimum atomic E-state index is -0.315. The smallest absolute Gasteiger partial charge is 0.269 e. The van der Waals surface area contributed by atoms with Gasteiger partial charge < -0.3 is 5.32 Å². The van der Waals surface area contributed by atoms with E-state index in [2.05, 4.69) is 38.2 Å². The number of hydrogen-bond donors (Lipinski definition) is 1. The molecule has 0 aliphatic carbocycles. The van der Waals surface area contributed by atoms with E-state index < -0.39 is 0 Å². The maximum absolute atomic E-state index is 11.3. The highest BCUT2D eigenvalue weighted by Gasteiger charge is 2.47. The molecule has 0 bridgehead atoms. The SMILES string of the molecule is Cc1nn(-c2ccccc2)c2c1[C@@H]1Nc3ccc([N+](=O)[O-])cc3C(C)(C)[C@@H]1CS2. The van der Waals surface area contributed by atoms with Crippen LogP contribution in [0.25, 0.3) is 5.69 Å². The van der Waals surface area contributed by atoms with Crippen LogP contribution in [0.15, 0.2) is 53.6 Å². The number of hydrogen-bond acceptors (Lipinski definition) is 5. The second kappa shape index (κ2) is 6.35. The van der Waals surface area contributed by atoms with Gasteiger partial charge in [0.1, 0.15) is 5.03 Å². The van der Waals surface area contributed by atoms with Crippen molar-refractivity contribution in [2.75, 3.05) is 11.1 Å². The molecule has 3 heterocycles. The van der Waals surface area contributed by atoms with Crippen molar-refractivity contribution < 1.29 is 4.92 Å². The summed E-state index contributed by atoms with van der Waals surface area (Å²) in [6.07, 6.45) is 0. The van der Waals surface area contributed by atoms with Crippen molar-refractivity contribution in [2.45, 2.75) is 37.3 Å². The van der Waals surface area contributed by atoms with Crippen LogP contribution in [0.3, 0.4) is 0 Å². The van der Waals surface area contributed by atoms with Gasteiger partial charge in [0.2, 0.25) is 0 Å². The Hall–Kier alpha value is -2.80. The van der Waals surface area contributed by atoms with Gasteiger partial charge in [-0.15, -0.1) is 11.8 Å². The predicted octanol–water partition coefficient (Wildman–Crippen LogP) is 5.26. The molecule has 2 atom stereocenters. The van der Waals surface area contributed by atoms with Gasteiger partial charge in [0.05, 0.1) is 22.3 Å². The Bertz CT molecular complexity index is 1120. The topological polar surface area (TPSA) is 73.0 Å². The number of para-hydroxylation sites is 1. The fourth-order valence-corrected chi connectivity index (χ4v) is 6.34. The van der Waals surface area contributed by atoms with Crippen LogP contribution in [0.1, 0.15) is 36.7 Å². The van der Waals surface area contributed by atoms with Crippen molar-refractivity contribution in [3.05, 3.63) is 75.5 Å². The van der Waals surface area contributed by atoms with E-state index in [1.54, 1.807) is 12.1 Å². The summed E-state index contributed by atoms with van der Waals surface area (Å²) >= 11 is 1.83. The Morgan fingerprint density at radius 2 is 2.00 bits per heavy atom. The van der Waals surface area contributed by atoms with Crippen molar-refractivity contribution in [2.24, 2.45) is 5.92 Å². The molecular weight excluding hydrogens is 384 g/mol. The minimum Gasteiger partial charge on any atom is -0.377 e. The summed E-state index contributed by atoms with van der Waals surface area (Å²) < 4.78 is 2.05. The molecule has 6 nitrogen and oxygen atoms in total. The largest absolute Gasteiger partial charge is 0.377 e. The molecule has 3 aromatic rings. The van der Waals surface area contributed by atoms with Gasteiger partial charge in [0.15, 0.2) is 0 Å². The maximum Gasteiger partial charge on any atom is 0.269 e. The molecule has 0 fully saturated rings. The van der Waals surface area contributed by atoms with Crippen LogP contribution in [-0.2, 0) is 5.41 Å². The summed E-state index contributed by atoms with van der Waals surface area (Å²) in [6.45, 7) is 6.48. The first-order chi connectivity index (χ1) is 13.9. The zero-order valence-electron chi connectivity index (χ0n) is 16.5. The number of anilines is 1. The van der Waals surface area contributed by atoms with Gasteiger partial charge in [-0.25, -0.2) is 4.68 Å². The van der Waals surface area contributed by atoms with E-state index in [0.29, 0.717) is 5.92 Å². The van der Waals surface area contributed by atoms with Crippen molar-refractivity contribution in [3.8, 4) is 5.69 Å². The van der Waals surface area contributed by atoms with Crippen molar-refractivity contribution in [3.63, 3.8) is 0 Å². The number of benzene rings is 2. The van der Waals surface area contributed by atoms with Crippen LogP contribution in [0, 0.1) is 23.0 Å². The summed E-state index contributed by atoms with van der Waals surface area (Å²) in [6, 6.07) is 15.5. The minimum absolute atomic E-state index is 0.132. The van der Waals surface area contributed by atoms with E-state index in [1.807, 2.05) is 40.7 Å². The number of nitrogens with one attached hydrogen (secondary N) is 1. The van der Waals surface area contributed by atoms with E-state index in [0.717, 1.165) is 28.4 Å². The second-order valence-electron chi connectivity index (χ2n) is 8.30. The predicted molar refractivity (Wildman–Crippen MR) is 115 cm³/mol. The monoisotopic (exact) mass is 406 g/mol. The van der Waals surface area contributed by atoms with Crippen molar-refractivity contribution >= 4 is 23.1 Å². The number of aryl methyl sites for hydroxylation is 1. The molecule has 29 heavy (non-hydrogen) atoms. The highest BCUT2D eigenvalue weighted by atomic mass is 32.2. The summed E-state index contributed by atoms with van der Waals surface area (Å²) in [4.78, 5) is 11.0. The summed E-state index contributed by atoms with van der Waals surface area (Å²) in [7, 11) is 0. The molecule has 0 amide bonds. The van der Waals surface area contributed by atoms with Crippen molar-refractivity contribution in [1.29, 1.82) is 0 Å². The van der Waals surface area contributed by atoms with Gasteiger partial charge in [-0.2, -0.15) is 5.10 Å². The lowest BCUT2D eigenvalue weighted by Gasteiger charge is -2.48. The molecule has 2 aliphatic rings. The Kier molecular flexibility index (Phi) is 4.00. The molecule has 5 rings (SSSR count). The lowest BCUT2D eigenvalue weighted by Crippen LogP contribution is -2.44. The summed E-state index contributed by atoms with van der Waals surface area (Å²) in [5.74, 6) is 1.24. The first-order valence-corrected chi connectivity index (χ1v) is 10.7. The Morgan fingerprint density at radius 3 is 2.72 bits per heavy atom. The van der Waals surface area contributed by atoms with Crippen LogP contribution in [-0.4, -0.2) is 20.5 Å². The van der Waals surface area contributed by atoms with Gasteiger partial charge in [0.25, 0.3) is 5.69 Å². The van der Waals surface area contributed by atoms with Crippen molar-refractivity contribution in [1.82, 2.24) is 9.78 Å². The van der Waals surface area contributed by atoms with Crippen LogP contribution < -0.4 is 5.32 Å². The molecule has 0 radical (unpaired) electrons. The number of nitro benzene ring substituents is 1. The molecular formula is C22H22N4O2S. The highest BCUT2D eigenvalue weighted by Crippen LogP contribution is 2.55. The van der Waals surface area contributed by atoms with Gasteiger partial charge in [-0.1, -0.05) is 32.0 Å². The van der Waals surface area contributed by atoms with E-state index in [-0.39, 0.29) is 22.1 Å². The third-order valence-electron chi connectivity index (χ3n) is 6.32.